The summed E-state index contributed by atoms with van der Waals surface area (Å²) in [4.78, 5) is 11.4. The number of carbonyl (C=O) groups excluding carboxylic acids is 1. The molecule has 6 heteroatoms. The topological polar surface area (TPSA) is 72.5 Å². The minimum atomic E-state index is -3.66. The molecular formula is C17H19NO4S. The zero-order valence-corrected chi connectivity index (χ0v) is 13.8. The minimum Gasteiger partial charge on any atom is -0.456 e. The summed E-state index contributed by atoms with van der Waals surface area (Å²) in [5.41, 5.74) is 1.71. The zero-order valence-electron chi connectivity index (χ0n) is 13.0. The van der Waals surface area contributed by atoms with Gasteiger partial charge >= 0.3 is 5.97 Å². The third-order valence-electron chi connectivity index (χ3n) is 3.27. The second kappa shape index (κ2) is 7.39. The lowest BCUT2D eigenvalue weighted by atomic mass is 10.1. The highest BCUT2D eigenvalue weighted by atomic mass is 32.2. The number of ether oxygens (including phenoxy) is 1. The van der Waals surface area contributed by atoms with E-state index in [1.807, 2.05) is 13.0 Å². The van der Waals surface area contributed by atoms with Gasteiger partial charge in [0.05, 0.1) is 11.4 Å². The van der Waals surface area contributed by atoms with Crippen LogP contribution in [-0.2, 0) is 19.6 Å². The number of benzene rings is 2. The first-order valence-corrected chi connectivity index (χ1v) is 8.65. The van der Waals surface area contributed by atoms with Gasteiger partial charge < -0.3 is 4.74 Å². The van der Waals surface area contributed by atoms with Crippen LogP contribution >= 0.6 is 0 Å². The summed E-state index contributed by atoms with van der Waals surface area (Å²) in [5, 5.41) is 0. The molecule has 0 spiro atoms. The summed E-state index contributed by atoms with van der Waals surface area (Å²) in [6.45, 7) is 3.15. The Morgan fingerprint density at radius 2 is 1.70 bits per heavy atom. The number of aryl methyl sites for hydroxylation is 1. The van der Waals surface area contributed by atoms with Crippen LogP contribution in [-0.4, -0.2) is 20.9 Å². The van der Waals surface area contributed by atoms with Gasteiger partial charge in [-0.1, -0.05) is 48.0 Å². The number of hydrogen-bond donors (Lipinski definition) is 1. The van der Waals surface area contributed by atoms with Gasteiger partial charge in [-0.2, -0.15) is 0 Å². The number of hydrogen-bond acceptors (Lipinski definition) is 4. The third-order valence-corrected chi connectivity index (χ3v) is 4.71. The van der Waals surface area contributed by atoms with Crippen molar-refractivity contribution >= 4 is 16.0 Å². The molecule has 0 aromatic heterocycles. The van der Waals surface area contributed by atoms with Crippen LogP contribution in [0.2, 0.25) is 0 Å². The highest BCUT2D eigenvalue weighted by Crippen LogP contribution is 2.18. The van der Waals surface area contributed by atoms with E-state index in [1.54, 1.807) is 48.5 Å². The van der Waals surface area contributed by atoms with E-state index in [0.717, 1.165) is 11.1 Å². The maximum atomic E-state index is 12.3. The summed E-state index contributed by atoms with van der Waals surface area (Å²) in [6, 6.07) is 15.6. The molecule has 0 aliphatic heterocycles. The van der Waals surface area contributed by atoms with Crippen LogP contribution in [0.5, 0.6) is 0 Å². The number of esters is 1. The molecule has 0 fully saturated rings. The van der Waals surface area contributed by atoms with Crippen LogP contribution in [0.1, 0.15) is 24.2 Å². The Balaban J connectivity index is 2.14. The van der Waals surface area contributed by atoms with Crippen molar-refractivity contribution in [2.45, 2.75) is 24.8 Å². The van der Waals surface area contributed by atoms with Crippen LogP contribution in [0, 0.1) is 6.92 Å². The van der Waals surface area contributed by atoms with E-state index in [0.29, 0.717) is 0 Å². The summed E-state index contributed by atoms with van der Waals surface area (Å²) < 4.78 is 32.3. The fraction of sp³-hybridized carbons (Fsp3) is 0.235. The number of sulfonamides is 1. The van der Waals surface area contributed by atoms with Gasteiger partial charge in [0.25, 0.3) is 0 Å². The highest BCUT2D eigenvalue weighted by molar-refractivity contribution is 7.89. The van der Waals surface area contributed by atoms with E-state index in [1.165, 1.54) is 6.92 Å². The van der Waals surface area contributed by atoms with Gasteiger partial charge in [-0.3, -0.25) is 4.79 Å². The summed E-state index contributed by atoms with van der Waals surface area (Å²) in [6.07, 6.45) is -0.672. The fourth-order valence-electron chi connectivity index (χ4n) is 2.08. The SMILES string of the molecule is CC(=O)O[C@@H](CNS(=O)(=O)c1ccc(C)cc1)c1ccccc1. The number of rotatable bonds is 6. The molecule has 0 radical (unpaired) electrons. The predicted octanol–water partition coefficient (Wildman–Crippen LogP) is 2.58. The van der Waals surface area contributed by atoms with E-state index in [9.17, 15) is 13.2 Å². The molecule has 2 aromatic carbocycles. The third kappa shape index (κ3) is 4.91. The Morgan fingerprint density at radius 1 is 1.09 bits per heavy atom. The van der Waals surface area contributed by atoms with Gasteiger partial charge in [-0.15, -0.1) is 0 Å². The van der Waals surface area contributed by atoms with E-state index < -0.39 is 22.1 Å². The van der Waals surface area contributed by atoms with Crippen molar-refractivity contribution in [2.75, 3.05) is 6.54 Å². The maximum Gasteiger partial charge on any atom is 0.303 e. The molecule has 5 nitrogen and oxygen atoms in total. The largest absolute Gasteiger partial charge is 0.456 e. The maximum absolute atomic E-state index is 12.3. The molecule has 2 aromatic rings. The first-order chi connectivity index (χ1) is 10.9. The molecule has 0 unspecified atom stereocenters. The van der Waals surface area contributed by atoms with E-state index in [-0.39, 0.29) is 11.4 Å². The molecule has 0 bridgehead atoms. The molecular weight excluding hydrogens is 314 g/mol. The minimum absolute atomic E-state index is 0.0280. The van der Waals surface area contributed by atoms with Crippen molar-refractivity contribution in [1.82, 2.24) is 4.72 Å². The molecule has 0 heterocycles. The Kier molecular flexibility index (Phi) is 5.52. The van der Waals surface area contributed by atoms with Crippen molar-refractivity contribution in [3.8, 4) is 0 Å². The molecule has 1 atom stereocenters. The smallest absolute Gasteiger partial charge is 0.303 e. The summed E-state index contributed by atoms with van der Waals surface area (Å²) >= 11 is 0. The van der Waals surface area contributed by atoms with Crippen molar-refractivity contribution in [3.05, 3.63) is 65.7 Å². The summed E-state index contributed by atoms with van der Waals surface area (Å²) in [7, 11) is -3.66. The molecule has 0 aliphatic rings. The van der Waals surface area contributed by atoms with Crippen molar-refractivity contribution in [2.24, 2.45) is 0 Å². The van der Waals surface area contributed by atoms with Crippen molar-refractivity contribution in [1.29, 1.82) is 0 Å². The van der Waals surface area contributed by atoms with E-state index >= 15 is 0 Å². The molecule has 0 aliphatic carbocycles. The Labute approximate surface area is 136 Å². The van der Waals surface area contributed by atoms with Gasteiger partial charge in [0.15, 0.2) is 0 Å². The second-order valence-electron chi connectivity index (χ2n) is 5.17. The van der Waals surface area contributed by atoms with Gasteiger partial charge in [-0.25, -0.2) is 13.1 Å². The van der Waals surface area contributed by atoms with E-state index in [2.05, 4.69) is 4.72 Å². The number of nitrogens with one attached hydrogen (secondary N) is 1. The highest BCUT2D eigenvalue weighted by Gasteiger charge is 2.20. The Bertz CT molecular complexity index is 755. The van der Waals surface area contributed by atoms with Crippen LogP contribution < -0.4 is 4.72 Å². The molecule has 0 saturated heterocycles. The Hall–Kier alpha value is -2.18. The monoisotopic (exact) mass is 333 g/mol. The molecule has 1 N–H and O–H groups in total. The van der Waals surface area contributed by atoms with Crippen molar-refractivity contribution in [3.63, 3.8) is 0 Å². The lowest BCUT2D eigenvalue weighted by Crippen LogP contribution is -2.30. The van der Waals surface area contributed by atoms with Crippen LogP contribution in [0.4, 0.5) is 0 Å². The molecule has 0 amide bonds. The molecule has 0 saturated carbocycles. The molecule has 2 rings (SSSR count). The van der Waals surface area contributed by atoms with E-state index in [4.69, 9.17) is 4.74 Å². The average Bonchev–Trinajstić information content (AvgIpc) is 2.52. The quantitative estimate of drug-likeness (QED) is 0.825. The predicted molar refractivity (Wildman–Crippen MR) is 87.3 cm³/mol. The van der Waals surface area contributed by atoms with Gasteiger partial charge in [0, 0.05) is 6.92 Å². The fourth-order valence-corrected chi connectivity index (χ4v) is 3.11. The zero-order chi connectivity index (χ0) is 16.9. The lowest BCUT2D eigenvalue weighted by Gasteiger charge is -2.18. The lowest BCUT2D eigenvalue weighted by molar-refractivity contribution is -0.146. The molecule has 122 valence electrons. The number of carbonyl (C=O) groups is 1. The average molecular weight is 333 g/mol. The van der Waals surface area contributed by atoms with Crippen LogP contribution in [0.3, 0.4) is 0 Å². The Morgan fingerprint density at radius 3 is 2.26 bits per heavy atom. The van der Waals surface area contributed by atoms with Gasteiger partial charge in [-0.05, 0) is 24.6 Å². The normalized spacial score (nSPS) is 12.6. The molecule has 23 heavy (non-hydrogen) atoms. The van der Waals surface area contributed by atoms with Gasteiger partial charge in [0.2, 0.25) is 10.0 Å². The second-order valence-corrected chi connectivity index (χ2v) is 6.94. The van der Waals surface area contributed by atoms with Crippen LogP contribution in [0.15, 0.2) is 59.5 Å². The first kappa shape index (κ1) is 17.2. The van der Waals surface area contributed by atoms with Crippen molar-refractivity contribution < 1.29 is 17.9 Å². The standard InChI is InChI=1S/C17H19NO4S/c1-13-8-10-16(11-9-13)23(20,21)18-12-17(22-14(2)19)15-6-4-3-5-7-15/h3-11,17-18H,12H2,1-2H3/t17-/m0/s1. The van der Waals surface area contributed by atoms with Crippen LogP contribution in [0.25, 0.3) is 0 Å². The summed E-state index contributed by atoms with van der Waals surface area (Å²) in [5.74, 6) is -0.464. The van der Waals surface area contributed by atoms with Gasteiger partial charge in [0.1, 0.15) is 6.10 Å². The first-order valence-electron chi connectivity index (χ1n) is 7.17.